The van der Waals surface area contributed by atoms with Gasteiger partial charge in [0.15, 0.2) is 0 Å². The number of hydrogen-bond acceptors (Lipinski definition) is 2. The summed E-state index contributed by atoms with van der Waals surface area (Å²) in [5.74, 6) is 0.819. The van der Waals surface area contributed by atoms with Crippen LogP contribution in [-0.2, 0) is 0 Å². The summed E-state index contributed by atoms with van der Waals surface area (Å²) in [6.07, 6.45) is 2.06. The average Bonchev–Trinajstić information content (AvgIpc) is 2.49. The second-order valence-electron chi connectivity index (χ2n) is 4.48. The normalized spacial score (nSPS) is 12.2. The predicted molar refractivity (Wildman–Crippen MR) is 91.4 cm³/mol. The van der Waals surface area contributed by atoms with Crippen LogP contribution < -0.4 is 4.74 Å². The molecule has 0 amide bonds. The molecule has 2 aromatic carbocycles. The van der Waals surface area contributed by atoms with Gasteiger partial charge in [0.05, 0.1) is 12.5 Å². The van der Waals surface area contributed by atoms with Gasteiger partial charge in [0.2, 0.25) is 0 Å². The topological polar surface area (TPSA) is 9.23 Å². The van der Waals surface area contributed by atoms with Gasteiger partial charge in [-0.25, -0.2) is 0 Å². The third-order valence-electron chi connectivity index (χ3n) is 3.19. The van der Waals surface area contributed by atoms with Gasteiger partial charge in [-0.3, -0.25) is 0 Å². The zero-order chi connectivity index (χ0) is 14.7. The molecule has 0 spiro atoms. The van der Waals surface area contributed by atoms with Crippen molar-refractivity contribution in [1.29, 1.82) is 0 Å². The molecular formula is C16H16BrClOS. The number of thioether (sulfide) groups is 1. The summed E-state index contributed by atoms with van der Waals surface area (Å²) in [5, 5.41) is -0.224. The van der Waals surface area contributed by atoms with Crippen LogP contribution in [0, 0.1) is 6.92 Å². The molecule has 1 nitrogen and oxygen atoms in total. The number of aryl methyl sites for hydroxylation is 1. The fourth-order valence-corrected chi connectivity index (χ4v) is 3.08. The molecule has 0 aliphatic heterocycles. The van der Waals surface area contributed by atoms with Crippen LogP contribution in [0.25, 0.3) is 0 Å². The summed E-state index contributed by atoms with van der Waals surface area (Å²) in [4.78, 5) is 1.23. The minimum Gasteiger partial charge on any atom is -0.496 e. The molecule has 0 aliphatic carbocycles. The molecule has 1 atom stereocenters. The first-order valence-electron chi connectivity index (χ1n) is 6.19. The van der Waals surface area contributed by atoms with Crippen LogP contribution in [0.15, 0.2) is 45.8 Å². The molecule has 0 N–H and O–H groups in total. The Morgan fingerprint density at radius 1 is 1.20 bits per heavy atom. The molecule has 0 heterocycles. The summed E-state index contributed by atoms with van der Waals surface area (Å²) >= 11 is 11.9. The van der Waals surface area contributed by atoms with E-state index in [1.807, 2.05) is 19.1 Å². The van der Waals surface area contributed by atoms with E-state index < -0.39 is 0 Å². The van der Waals surface area contributed by atoms with Crippen LogP contribution in [-0.4, -0.2) is 13.4 Å². The van der Waals surface area contributed by atoms with Crippen molar-refractivity contribution in [3.8, 4) is 5.75 Å². The van der Waals surface area contributed by atoms with Crippen LogP contribution in [0.3, 0.4) is 0 Å². The summed E-state index contributed by atoms with van der Waals surface area (Å²) in [5.41, 5.74) is 3.18. The Labute approximate surface area is 137 Å². The van der Waals surface area contributed by atoms with E-state index in [4.69, 9.17) is 16.3 Å². The number of alkyl halides is 1. The highest BCUT2D eigenvalue weighted by Gasteiger charge is 2.17. The smallest absolute Gasteiger partial charge is 0.124 e. The van der Waals surface area contributed by atoms with Crippen LogP contribution in [0.5, 0.6) is 5.75 Å². The fraction of sp³-hybridized carbons (Fsp3) is 0.250. The molecule has 0 aliphatic rings. The lowest BCUT2D eigenvalue weighted by Crippen LogP contribution is -1.98. The predicted octanol–water partition coefficient (Wildman–Crippen LogP) is 5.82. The zero-order valence-electron chi connectivity index (χ0n) is 11.6. The first-order chi connectivity index (χ1) is 9.56. The van der Waals surface area contributed by atoms with Crippen molar-refractivity contribution in [3.63, 3.8) is 0 Å². The van der Waals surface area contributed by atoms with Gasteiger partial charge in [-0.15, -0.1) is 23.4 Å². The largest absolute Gasteiger partial charge is 0.496 e. The van der Waals surface area contributed by atoms with Gasteiger partial charge in [-0.1, -0.05) is 28.1 Å². The standard InChI is InChI=1S/C16H16BrClOS/c1-10-8-15(19-2)13(9-14(10)17)16(18)11-4-6-12(20-3)7-5-11/h4-9,16H,1-3H3. The number of rotatable bonds is 4. The summed E-state index contributed by atoms with van der Waals surface area (Å²) in [7, 11) is 1.67. The maximum absolute atomic E-state index is 6.63. The molecule has 0 aromatic heterocycles. The van der Waals surface area contributed by atoms with E-state index in [1.54, 1.807) is 18.9 Å². The van der Waals surface area contributed by atoms with Crippen molar-refractivity contribution in [3.05, 3.63) is 57.6 Å². The maximum Gasteiger partial charge on any atom is 0.124 e. The molecule has 0 fully saturated rings. The minimum atomic E-state index is -0.224. The Balaban J connectivity index is 2.41. The molecule has 2 aromatic rings. The Hall–Kier alpha value is -0.640. The Morgan fingerprint density at radius 2 is 1.85 bits per heavy atom. The highest BCUT2D eigenvalue weighted by atomic mass is 79.9. The van der Waals surface area contributed by atoms with E-state index in [9.17, 15) is 0 Å². The first kappa shape index (κ1) is 15.7. The number of methoxy groups -OCH3 is 1. The van der Waals surface area contributed by atoms with Gasteiger partial charge in [0, 0.05) is 14.9 Å². The molecule has 0 radical (unpaired) electrons. The van der Waals surface area contributed by atoms with E-state index in [0.717, 1.165) is 26.9 Å². The van der Waals surface area contributed by atoms with Gasteiger partial charge < -0.3 is 4.74 Å². The molecule has 0 bridgehead atoms. The lowest BCUT2D eigenvalue weighted by molar-refractivity contribution is 0.409. The summed E-state index contributed by atoms with van der Waals surface area (Å²) in [6.45, 7) is 2.03. The number of benzene rings is 2. The van der Waals surface area contributed by atoms with Gasteiger partial charge >= 0.3 is 0 Å². The third kappa shape index (κ3) is 3.33. The summed E-state index contributed by atoms with van der Waals surface area (Å²) < 4.78 is 6.50. The van der Waals surface area contributed by atoms with E-state index >= 15 is 0 Å². The highest BCUT2D eigenvalue weighted by molar-refractivity contribution is 9.10. The van der Waals surface area contributed by atoms with Gasteiger partial charge in [0.25, 0.3) is 0 Å². The SMILES string of the molecule is COc1cc(C)c(Br)cc1C(Cl)c1ccc(SC)cc1. The Morgan fingerprint density at radius 3 is 2.40 bits per heavy atom. The molecule has 106 valence electrons. The fourth-order valence-electron chi connectivity index (χ4n) is 2.00. The zero-order valence-corrected chi connectivity index (χ0v) is 14.8. The molecular weight excluding hydrogens is 356 g/mol. The van der Waals surface area contributed by atoms with Crippen molar-refractivity contribution in [1.82, 2.24) is 0 Å². The Kier molecular flexibility index (Phi) is 5.42. The number of halogens is 2. The van der Waals surface area contributed by atoms with Crippen molar-refractivity contribution in [2.45, 2.75) is 17.2 Å². The quantitative estimate of drug-likeness (QED) is 0.495. The lowest BCUT2D eigenvalue weighted by Gasteiger charge is -2.16. The van der Waals surface area contributed by atoms with Crippen molar-refractivity contribution >= 4 is 39.3 Å². The van der Waals surface area contributed by atoms with E-state index in [2.05, 4.69) is 46.5 Å². The minimum absolute atomic E-state index is 0.224. The van der Waals surface area contributed by atoms with Crippen molar-refractivity contribution < 1.29 is 4.74 Å². The monoisotopic (exact) mass is 370 g/mol. The average molecular weight is 372 g/mol. The van der Waals surface area contributed by atoms with E-state index in [0.29, 0.717) is 0 Å². The van der Waals surface area contributed by atoms with Crippen LogP contribution in [0.4, 0.5) is 0 Å². The molecule has 0 saturated heterocycles. The van der Waals surface area contributed by atoms with Gasteiger partial charge in [-0.05, 0) is 48.6 Å². The molecule has 4 heteroatoms. The van der Waals surface area contributed by atoms with E-state index in [-0.39, 0.29) is 5.38 Å². The Bertz CT molecular complexity index is 598. The van der Waals surface area contributed by atoms with Crippen LogP contribution in [0.1, 0.15) is 22.1 Å². The van der Waals surface area contributed by atoms with Crippen molar-refractivity contribution in [2.24, 2.45) is 0 Å². The number of ether oxygens (including phenoxy) is 1. The first-order valence-corrected chi connectivity index (χ1v) is 8.64. The van der Waals surface area contributed by atoms with Crippen LogP contribution >= 0.6 is 39.3 Å². The second-order valence-corrected chi connectivity index (χ2v) is 6.65. The molecule has 2 rings (SSSR count). The van der Waals surface area contributed by atoms with Gasteiger partial charge in [0.1, 0.15) is 5.75 Å². The maximum atomic E-state index is 6.63. The lowest BCUT2D eigenvalue weighted by atomic mass is 10.0. The van der Waals surface area contributed by atoms with Crippen LogP contribution in [0.2, 0.25) is 0 Å². The molecule has 1 unspecified atom stereocenters. The second kappa shape index (κ2) is 6.88. The molecule has 20 heavy (non-hydrogen) atoms. The number of hydrogen-bond donors (Lipinski definition) is 0. The summed E-state index contributed by atoms with van der Waals surface area (Å²) in [6, 6.07) is 12.4. The molecule has 0 saturated carbocycles. The highest BCUT2D eigenvalue weighted by Crippen LogP contribution is 2.38. The third-order valence-corrected chi connectivity index (χ3v) is 5.28. The van der Waals surface area contributed by atoms with Crippen molar-refractivity contribution in [2.75, 3.05) is 13.4 Å². The van der Waals surface area contributed by atoms with Gasteiger partial charge in [-0.2, -0.15) is 0 Å². The van der Waals surface area contributed by atoms with E-state index in [1.165, 1.54) is 4.90 Å².